The molecule has 52 valence electrons. The van der Waals surface area contributed by atoms with Gasteiger partial charge in [0.05, 0.1) is 5.41 Å². The van der Waals surface area contributed by atoms with Crippen molar-refractivity contribution in [3.63, 3.8) is 0 Å². The van der Waals surface area contributed by atoms with Crippen LogP contribution in [-0.2, 0) is 4.79 Å². The fourth-order valence-corrected chi connectivity index (χ4v) is 1.58. The number of fused-ring (bicyclic) bond motifs is 2. The topological polar surface area (TPSA) is 37.3 Å². The van der Waals surface area contributed by atoms with Crippen LogP contribution in [0.25, 0.3) is 0 Å². The van der Waals surface area contributed by atoms with Gasteiger partial charge in [-0.25, -0.2) is 0 Å². The Bertz CT molecular complexity index is 250. The molecule has 0 aliphatic heterocycles. The Morgan fingerprint density at radius 3 is 2.70 bits per heavy atom. The Hall–Kier alpha value is -1.05. The first kappa shape index (κ1) is 5.71. The number of hydrogen-bond donors (Lipinski definition) is 1. The summed E-state index contributed by atoms with van der Waals surface area (Å²) in [6.45, 7) is 0. The molecule has 2 aliphatic carbocycles. The number of aliphatic carboxylic acids is 1. The zero-order valence-corrected chi connectivity index (χ0v) is 5.50. The summed E-state index contributed by atoms with van der Waals surface area (Å²) in [5, 5.41) is 8.81. The average molecular weight is 136 g/mol. The molecule has 10 heavy (non-hydrogen) atoms. The largest absolute Gasteiger partial charge is 0.481 e. The van der Waals surface area contributed by atoms with Crippen LogP contribution in [0.5, 0.6) is 0 Å². The van der Waals surface area contributed by atoms with Crippen molar-refractivity contribution in [2.24, 2.45) is 5.41 Å². The lowest BCUT2D eigenvalue weighted by Crippen LogP contribution is -2.23. The molecule has 2 bridgehead atoms. The third-order valence-electron chi connectivity index (χ3n) is 2.29. The van der Waals surface area contributed by atoms with Gasteiger partial charge in [0.25, 0.3) is 0 Å². The van der Waals surface area contributed by atoms with E-state index >= 15 is 0 Å². The highest BCUT2D eigenvalue weighted by molar-refractivity contribution is 5.80. The van der Waals surface area contributed by atoms with Crippen molar-refractivity contribution >= 4 is 5.97 Å². The molecule has 0 saturated heterocycles. The van der Waals surface area contributed by atoms with Crippen molar-refractivity contribution in [1.29, 1.82) is 0 Å². The summed E-state index contributed by atoms with van der Waals surface area (Å²) < 4.78 is 0. The van der Waals surface area contributed by atoms with Crippen LogP contribution in [0.1, 0.15) is 12.8 Å². The normalized spacial score (nSPS) is 34.6. The van der Waals surface area contributed by atoms with Gasteiger partial charge in [-0.05, 0) is 12.8 Å². The fourth-order valence-electron chi connectivity index (χ4n) is 1.58. The van der Waals surface area contributed by atoms with Crippen LogP contribution in [0.15, 0.2) is 23.8 Å². The van der Waals surface area contributed by atoms with E-state index in [2.05, 4.69) is 0 Å². The van der Waals surface area contributed by atoms with Crippen LogP contribution >= 0.6 is 0 Å². The molecule has 0 aromatic heterocycles. The van der Waals surface area contributed by atoms with Crippen molar-refractivity contribution in [3.05, 3.63) is 23.8 Å². The Kier molecular flexibility index (Phi) is 0.862. The lowest BCUT2D eigenvalue weighted by atomic mass is 9.88. The highest BCUT2D eigenvalue weighted by atomic mass is 16.4. The molecule has 2 rings (SSSR count). The van der Waals surface area contributed by atoms with Crippen molar-refractivity contribution < 1.29 is 9.90 Å². The van der Waals surface area contributed by atoms with Gasteiger partial charge in [0.15, 0.2) is 0 Å². The van der Waals surface area contributed by atoms with E-state index in [1.807, 2.05) is 18.2 Å². The predicted octanol–water partition coefficient (Wildman–Crippen LogP) is 1.35. The maximum Gasteiger partial charge on any atom is 0.314 e. The average Bonchev–Trinajstić information content (AvgIpc) is 2.45. The third-order valence-corrected chi connectivity index (χ3v) is 2.29. The molecule has 0 fully saturated rings. The Morgan fingerprint density at radius 1 is 1.70 bits per heavy atom. The van der Waals surface area contributed by atoms with E-state index in [4.69, 9.17) is 5.11 Å². The molecule has 0 radical (unpaired) electrons. The van der Waals surface area contributed by atoms with Crippen molar-refractivity contribution in [2.75, 3.05) is 0 Å². The summed E-state index contributed by atoms with van der Waals surface area (Å²) in [7, 11) is 0. The summed E-state index contributed by atoms with van der Waals surface area (Å²) >= 11 is 0. The molecule has 1 atom stereocenters. The Morgan fingerprint density at radius 2 is 2.50 bits per heavy atom. The summed E-state index contributed by atoms with van der Waals surface area (Å²) in [6.07, 6.45) is 7.13. The standard InChI is InChI=1S/C8H8O2/c9-7(10)8-3-1-6(5-8)2-4-8/h1-3H,4-5H2,(H,9,10). The van der Waals surface area contributed by atoms with Crippen LogP contribution in [0.4, 0.5) is 0 Å². The molecule has 1 N–H and O–H groups in total. The van der Waals surface area contributed by atoms with Gasteiger partial charge in [-0.1, -0.05) is 23.8 Å². The van der Waals surface area contributed by atoms with E-state index in [9.17, 15) is 4.79 Å². The summed E-state index contributed by atoms with van der Waals surface area (Å²) in [5.74, 6) is -0.688. The molecule has 0 amide bonds. The second-order valence-electron chi connectivity index (χ2n) is 2.95. The van der Waals surface area contributed by atoms with E-state index in [1.165, 1.54) is 5.57 Å². The maximum atomic E-state index is 10.7. The first-order valence-electron chi connectivity index (χ1n) is 3.35. The monoisotopic (exact) mass is 136 g/mol. The van der Waals surface area contributed by atoms with E-state index in [-0.39, 0.29) is 0 Å². The third kappa shape index (κ3) is 0.511. The predicted molar refractivity (Wildman–Crippen MR) is 36.5 cm³/mol. The van der Waals surface area contributed by atoms with Gasteiger partial charge >= 0.3 is 5.97 Å². The van der Waals surface area contributed by atoms with Gasteiger partial charge in [-0.2, -0.15) is 0 Å². The molecule has 0 spiro atoms. The first-order valence-corrected chi connectivity index (χ1v) is 3.35. The molecule has 0 aromatic carbocycles. The van der Waals surface area contributed by atoms with Gasteiger partial charge in [0.2, 0.25) is 0 Å². The Labute approximate surface area is 58.9 Å². The van der Waals surface area contributed by atoms with E-state index in [1.54, 1.807) is 0 Å². The quantitative estimate of drug-likeness (QED) is 0.590. The van der Waals surface area contributed by atoms with Crippen LogP contribution in [0, 0.1) is 5.41 Å². The summed E-state index contributed by atoms with van der Waals surface area (Å²) in [4.78, 5) is 10.7. The van der Waals surface area contributed by atoms with Gasteiger partial charge in [0.1, 0.15) is 0 Å². The van der Waals surface area contributed by atoms with E-state index in [0.29, 0.717) is 12.8 Å². The minimum Gasteiger partial charge on any atom is -0.481 e. The van der Waals surface area contributed by atoms with Crippen LogP contribution in [0.3, 0.4) is 0 Å². The summed E-state index contributed by atoms with van der Waals surface area (Å²) in [5.41, 5.74) is 0.636. The molecule has 2 heteroatoms. The number of allylic oxidation sites excluding steroid dienone is 3. The number of carbonyl (C=O) groups is 1. The number of carboxylic acids is 1. The van der Waals surface area contributed by atoms with Gasteiger partial charge in [0, 0.05) is 0 Å². The lowest BCUT2D eigenvalue weighted by molar-refractivity contribution is -0.145. The summed E-state index contributed by atoms with van der Waals surface area (Å²) in [6, 6.07) is 0. The zero-order valence-electron chi connectivity index (χ0n) is 5.50. The smallest absolute Gasteiger partial charge is 0.314 e. The number of hydrogen-bond acceptors (Lipinski definition) is 1. The fraction of sp³-hybridized carbons (Fsp3) is 0.375. The van der Waals surface area contributed by atoms with E-state index in [0.717, 1.165) is 0 Å². The molecule has 0 aromatic rings. The zero-order chi connectivity index (χ0) is 7.19. The van der Waals surface area contributed by atoms with Crippen molar-refractivity contribution in [3.8, 4) is 0 Å². The second-order valence-corrected chi connectivity index (χ2v) is 2.95. The van der Waals surface area contributed by atoms with Gasteiger partial charge < -0.3 is 5.11 Å². The molecule has 0 heterocycles. The molecular formula is C8H8O2. The second kappa shape index (κ2) is 1.51. The SMILES string of the molecule is O=C(O)C12C=CC(=CC1)C2. The van der Waals surface area contributed by atoms with Crippen molar-refractivity contribution in [1.82, 2.24) is 0 Å². The molecule has 1 unspecified atom stereocenters. The molecular weight excluding hydrogens is 128 g/mol. The van der Waals surface area contributed by atoms with Crippen LogP contribution in [-0.4, -0.2) is 11.1 Å². The molecule has 2 nitrogen and oxygen atoms in total. The lowest BCUT2D eigenvalue weighted by Gasteiger charge is -2.15. The van der Waals surface area contributed by atoms with E-state index < -0.39 is 11.4 Å². The number of carboxylic acid groups (broad SMARTS) is 1. The minimum absolute atomic E-state index is 0.546. The van der Waals surface area contributed by atoms with Crippen LogP contribution in [0.2, 0.25) is 0 Å². The van der Waals surface area contributed by atoms with Crippen LogP contribution < -0.4 is 0 Å². The van der Waals surface area contributed by atoms with Crippen molar-refractivity contribution in [2.45, 2.75) is 12.8 Å². The highest BCUT2D eigenvalue weighted by Crippen LogP contribution is 2.44. The Balaban J connectivity index is 2.38. The van der Waals surface area contributed by atoms with Gasteiger partial charge in [-0.15, -0.1) is 0 Å². The highest BCUT2D eigenvalue weighted by Gasteiger charge is 2.42. The minimum atomic E-state index is -0.688. The maximum absolute atomic E-state index is 10.7. The first-order chi connectivity index (χ1) is 4.73. The molecule has 2 aliphatic rings. The van der Waals surface area contributed by atoms with Gasteiger partial charge in [-0.3, -0.25) is 4.79 Å². The number of rotatable bonds is 1. The molecule has 0 saturated carbocycles.